The third-order valence-electron chi connectivity index (χ3n) is 2.23. The molecule has 84 valence electrons. The monoisotopic (exact) mass is 285 g/mol. The highest BCUT2D eigenvalue weighted by molar-refractivity contribution is 9.09. The summed E-state index contributed by atoms with van der Waals surface area (Å²) in [7, 11) is -3.11. The Kier molecular flexibility index (Phi) is 4.36. The third-order valence-corrected chi connectivity index (χ3v) is 5.19. The van der Waals surface area contributed by atoms with Crippen molar-refractivity contribution in [1.29, 1.82) is 0 Å². The quantitative estimate of drug-likeness (QED) is 0.722. The van der Waals surface area contributed by atoms with Crippen molar-refractivity contribution in [2.45, 2.75) is 25.2 Å². The largest absolute Gasteiger partial charge is 0.375 e. The summed E-state index contributed by atoms with van der Waals surface area (Å²) in [5, 5.41) is 0.327. The van der Waals surface area contributed by atoms with E-state index in [1.165, 1.54) is 4.31 Å². The van der Waals surface area contributed by atoms with Crippen LogP contribution < -0.4 is 0 Å². The lowest BCUT2D eigenvalue weighted by atomic mass is 10.3. The van der Waals surface area contributed by atoms with Crippen molar-refractivity contribution in [1.82, 2.24) is 4.31 Å². The molecule has 0 aromatic carbocycles. The average molecular weight is 286 g/mol. The summed E-state index contributed by atoms with van der Waals surface area (Å²) in [5.41, 5.74) is 0. The summed E-state index contributed by atoms with van der Waals surface area (Å²) in [5.74, 6) is 0. The van der Waals surface area contributed by atoms with Crippen molar-refractivity contribution in [2.75, 3.05) is 25.0 Å². The first-order valence-electron chi connectivity index (χ1n) is 4.65. The molecule has 0 aromatic rings. The van der Waals surface area contributed by atoms with Crippen LogP contribution in [0.25, 0.3) is 0 Å². The normalized spacial score (nSPS) is 25.6. The first-order chi connectivity index (χ1) is 6.48. The molecule has 1 rings (SSSR count). The van der Waals surface area contributed by atoms with E-state index in [1.807, 2.05) is 0 Å². The zero-order valence-electron chi connectivity index (χ0n) is 8.44. The Morgan fingerprint density at radius 3 is 2.71 bits per heavy atom. The number of morpholine rings is 1. The molecule has 4 nitrogen and oxygen atoms in total. The molecule has 1 aliphatic rings. The molecular weight excluding hydrogens is 270 g/mol. The molecule has 6 heteroatoms. The van der Waals surface area contributed by atoms with Gasteiger partial charge in [0.1, 0.15) is 0 Å². The number of hydrogen-bond donors (Lipinski definition) is 0. The first kappa shape index (κ1) is 12.4. The van der Waals surface area contributed by atoms with Gasteiger partial charge in [0, 0.05) is 18.4 Å². The first-order valence-corrected chi connectivity index (χ1v) is 7.27. The maximum Gasteiger partial charge on any atom is 0.216 e. The van der Waals surface area contributed by atoms with Gasteiger partial charge in [-0.15, -0.1) is 0 Å². The average Bonchev–Trinajstić information content (AvgIpc) is 2.17. The maximum atomic E-state index is 11.8. The number of rotatable bonds is 3. The third kappa shape index (κ3) is 2.68. The van der Waals surface area contributed by atoms with E-state index in [0.29, 0.717) is 25.0 Å². The number of nitrogens with zero attached hydrogens (tertiary/aromatic N) is 1. The molecule has 0 radical (unpaired) electrons. The van der Waals surface area contributed by atoms with Crippen LogP contribution in [0.3, 0.4) is 0 Å². The molecule has 1 unspecified atom stereocenters. The Bertz CT molecular complexity index is 278. The van der Waals surface area contributed by atoms with E-state index in [9.17, 15) is 8.42 Å². The lowest BCUT2D eigenvalue weighted by molar-refractivity contribution is 0.0134. The molecule has 14 heavy (non-hydrogen) atoms. The van der Waals surface area contributed by atoms with E-state index in [2.05, 4.69) is 15.9 Å². The van der Waals surface area contributed by atoms with Crippen LogP contribution in [0, 0.1) is 0 Å². The van der Waals surface area contributed by atoms with E-state index in [-0.39, 0.29) is 11.4 Å². The molecule has 1 saturated heterocycles. The Morgan fingerprint density at radius 2 is 2.21 bits per heavy atom. The Morgan fingerprint density at radius 1 is 1.57 bits per heavy atom. The van der Waals surface area contributed by atoms with Gasteiger partial charge in [0.25, 0.3) is 0 Å². The van der Waals surface area contributed by atoms with Gasteiger partial charge in [-0.05, 0) is 13.8 Å². The Balaban J connectivity index is 2.69. The van der Waals surface area contributed by atoms with E-state index >= 15 is 0 Å². The van der Waals surface area contributed by atoms with E-state index in [1.54, 1.807) is 13.8 Å². The second-order valence-corrected chi connectivity index (χ2v) is 6.74. The van der Waals surface area contributed by atoms with Crippen LogP contribution in [0.2, 0.25) is 0 Å². The Hall–Kier alpha value is 0.350. The van der Waals surface area contributed by atoms with Gasteiger partial charge < -0.3 is 4.74 Å². The molecule has 0 amide bonds. The second-order valence-electron chi connectivity index (χ2n) is 3.60. The lowest BCUT2D eigenvalue weighted by Crippen LogP contribution is -2.48. The fraction of sp³-hybridized carbons (Fsp3) is 1.00. The summed E-state index contributed by atoms with van der Waals surface area (Å²) in [6.07, 6.45) is -0.0164. The van der Waals surface area contributed by atoms with Gasteiger partial charge in [-0.3, -0.25) is 0 Å². The molecule has 0 spiro atoms. The second kappa shape index (κ2) is 4.92. The minimum absolute atomic E-state index is 0.0164. The van der Waals surface area contributed by atoms with E-state index in [0.717, 1.165) is 0 Å². The zero-order chi connectivity index (χ0) is 10.8. The van der Waals surface area contributed by atoms with Crippen molar-refractivity contribution >= 4 is 26.0 Å². The molecule has 0 aliphatic carbocycles. The zero-order valence-corrected chi connectivity index (χ0v) is 10.8. The van der Waals surface area contributed by atoms with Gasteiger partial charge in [0.05, 0.1) is 18.0 Å². The van der Waals surface area contributed by atoms with Crippen LogP contribution in [0.1, 0.15) is 13.8 Å². The SMILES string of the molecule is CC(C)S(=O)(=O)N1CCOC(CBr)C1. The van der Waals surface area contributed by atoms with E-state index in [4.69, 9.17) is 4.74 Å². The molecule has 0 saturated carbocycles. The van der Waals surface area contributed by atoms with Crippen LogP contribution in [0.5, 0.6) is 0 Å². The number of ether oxygens (including phenoxy) is 1. The molecule has 1 aliphatic heterocycles. The minimum Gasteiger partial charge on any atom is -0.375 e. The van der Waals surface area contributed by atoms with Gasteiger partial charge in [-0.25, -0.2) is 8.42 Å². The predicted molar refractivity (Wildman–Crippen MR) is 59.2 cm³/mol. The minimum atomic E-state index is -3.11. The topological polar surface area (TPSA) is 46.6 Å². The van der Waals surface area contributed by atoms with Crippen molar-refractivity contribution in [3.05, 3.63) is 0 Å². The molecular formula is C8H16BrNO3S. The summed E-state index contributed by atoms with van der Waals surface area (Å²) in [6.45, 7) is 4.83. The molecule has 0 aromatic heterocycles. The fourth-order valence-electron chi connectivity index (χ4n) is 1.31. The predicted octanol–water partition coefficient (Wildman–Crippen LogP) is 0.820. The molecule has 1 atom stereocenters. The van der Waals surface area contributed by atoms with Gasteiger partial charge in [-0.1, -0.05) is 15.9 Å². The summed E-state index contributed by atoms with van der Waals surface area (Å²) in [4.78, 5) is 0. The van der Waals surface area contributed by atoms with Crippen LogP contribution >= 0.6 is 15.9 Å². The highest BCUT2D eigenvalue weighted by atomic mass is 79.9. The van der Waals surface area contributed by atoms with E-state index < -0.39 is 10.0 Å². The van der Waals surface area contributed by atoms with Gasteiger partial charge in [0.2, 0.25) is 10.0 Å². The van der Waals surface area contributed by atoms with Gasteiger partial charge in [0.15, 0.2) is 0 Å². The maximum absolute atomic E-state index is 11.8. The molecule has 1 heterocycles. The van der Waals surface area contributed by atoms with Crippen LogP contribution in [-0.2, 0) is 14.8 Å². The van der Waals surface area contributed by atoms with Crippen LogP contribution in [0.4, 0.5) is 0 Å². The standard InChI is InChI=1S/C8H16BrNO3S/c1-7(2)14(11,12)10-3-4-13-8(5-9)6-10/h7-8H,3-6H2,1-2H3. The summed E-state index contributed by atoms with van der Waals surface area (Å²) < 4.78 is 30.5. The molecule has 1 fully saturated rings. The molecule has 0 N–H and O–H groups in total. The van der Waals surface area contributed by atoms with Crippen LogP contribution in [-0.4, -0.2) is 49.1 Å². The summed E-state index contributed by atoms with van der Waals surface area (Å²) >= 11 is 3.30. The van der Waals surface area contributed by atoms with Crippen LogP contribution in [0.15, 0.2) is 0 Å². The smallest absolute Gasteiger partial charge is 0.216 e. The number of sulfonamides is 1. The number of hydrogen-bond acceptors (Lipinski definition) is 3. The fourth-order valence-corrected chi connectivity index (χ4v) is 3.01. The van der Waals surface area contributed by atoms with Crippen molar-refractivity contribution in [3.8, 4) is 0 Å². The van der Waals surface area contributed by atoms with Gasteiger partial charge in [-0.2, -0.15) is 4.31 Å². The van der Waals surface area contributed by atoms with Gasteiger partial charge >= 0.3 is 0 Å². The highest BCUT2D eigenvalue weighted by Crippen LogP contribution is 2.15. The van der Waals surface area contributed by atoms with Crippen molar-refractivity contribution in [2.24, 2.45) is 0 Å². The lowest BCUT2D eigenvalue weighted by Gasteiger charge is -2.32. The highest BCUT2D eigenvalue weighted by Gasteiger charge is 2.30. The number of halogens is 1. The molecule has 0 bridgehead atoms. The van der Waals surface area contributed by atoms with Crippen molar-refractivity contribution in [3.63, 3.8) is 0 Å². The number of alkyl halides is 1. The summed E-state index contributed by atoms with van der Waals surface area (Å²) in [6, 6.07) is 0. The Labute approximate surface area is 93.8 Å². The van der Waals surface area contributed by atoms with Crippen molar-refractivity contribution < 1.29 is 13.2 Å².